The van der Waals surface area contributed by atoms with Crippen LogP contribution in [0.3, 0.4) is 0 Å². The van der Waals surface area contributed by atoms with Crippen molar-refractivity contribution >= 4 is 10.1 Å². The fourth-order valence-corrected chi connectivity index (χ4v) is 1.33. The lowest BCUT2D eigenvalue weighted by molar-refractivity contribution is 0.395. The van der Waals surface area contributed by atoms with E-state index in [4.69, 9.17) is 0 Å². The van der Waals surface area contributed by atoms with Crippen LogP contribution in [0.5, 0.6) is 17.2 Å². The van der Waals surface area contributed by atoms with Crippen molar-refractivity contribution in [1.29, 1.82) is 0 Å². The van der Waals surface area contributed by atoms with Crippen molar-refractivity contribution in [2.45, 2.75) is 6.92 Å². The van der Waals surface area contributed by atoms with Crippen LogP contribution in [0.4, 0.5) is 0 Å². The lowest BCUT2D eigenvalue weighted by atomic mass is 10.3. The van der Waals surface area contributed by atoms with Gasteiger partial charge in [-0.2, -0.15) is 8.42 Å². The SMILES string of the molecule is CCS(=O)(=O)Oc1c(O)cccc1O. The van der Waals surface area contributed by atoms with Gasteiger partial charge in [0, 0.05) is 0 Å². The third-order valence-corrected chi connectivity index (χ3v) is 2.67. The first-order valence-corrected chi connectivity index (χ1v) is 5.47. The summed E-state index contributed by atoms with van der Waals surface area (Å²) in [4.78, 5) is 0. The number of phenolic OH excluding ortho intramolecular Hbond substituents is 2. The standard InChI is InChI=1S/C8H10O5S/c1-2-14(11,12)13-8-6(9)4-3-5-7(8)10/h3-5,9-10H,2H2,1H3. The molecule has 0 bridgehead atoms. The molecule has 0 spiro atoms. The fourth-order valence-electron chi connectivity index (χ4n) is 0.784. The second-order valence-corrected chi connectivity index (χ2v) is 4.41. The lowest BCUT2D eigenvalue weighted by Gasteiger charge is -2.07. The van der Waals surface area contributed by atoms with E-state index in [2.05, 4.69) is 4.18 Å². The molecule has 0 amide bonds. The Morgan fingerprint density at radius 1 is 1.29 bits per heavy atom. The molecular weight excluding hydrogens is 208 g/mol. The van der Waals surface area contributed by atoms with Crippen LogP contribution < -0.4 is 4.18 Å². The van der Waals surface area contributed by atoms with Crippen molar-refractivity contribution in [2.24, 2.45) is 0 Å². The summed E-state index contributed by atoms with van der Waals surface area (Å²) in [5.74, 6) is -1.50. The molecule has 0 unspecified atom stereocenters. The number of aromatic hydroxyl groups is 2. The van der Waals surface area contributed by atoms with Crippen LogP contribution in [0.15, 0.2) is 18.2 Å². The molecule has 0 aliphatic carbocycles. The number of hydrogen-bond donors (Lipinski definition) is 2. The molecule has 1 rings (SSSR count). The van der Waals surface area contributed by atoms with Gasteiger partial charge in [-0.15, -0.1) is 0 Å². The lowest BCUT2D eigenvalue weighted by Crippen LogP contribution is -2.11. The summed E-state index contributed by atoms with van der Waals surface area (Å²) < 4.78 is 26.5. The van der Waals surface area contributed by atoms with Gasteiger partial charge in [-0.05, 0) is 19.1 Å². The average molecular weight is 218 g/mol. The van der Waals surface area contributed by atoms with Crippen molar-refractivity contribution in [2.75, 3.05) is 5.75 Å². The summed E-state index contributed by atoms with van der Waals surface area (Å²) in [6.07, 6.45) is 0. The van der Waals surface area contributed by atoms with E-state index < -0.39 is 27.4 Å². The minimum Gasteiger partial charge on any atom is -0.504 e. The number of benzene rings is 1. The van der Waals surface area contributed by atoms with Crippen LogP contribution in [-0.4, -0.2) is 24.4 Å². The maximum Gasteiger partial charge on any atom is 0.309 e. The topological polar surface area (TPSA) is 83.8 Å². The molecule has 0 aliphatic rings. The zero-order valence-electron chi connectivity index (χ0n) is 7.47. The zero-order chi connectivity index (χ0) is 10.8. The smallest absolute Gasteiger partial charge is 0.309 e. The molecule has 5 nitrogen and oxygen atoms in total. The third-order valence-electron chi connectivity index (χ3n) is 1.54. The Hall–Kier alpha value is -1.43. The van der Waals surface area contributed by atoms with Gasteiger partial charge in [0.25, 0.3) is 0 Å². The minimum atomic E-state index is -3.74. The number of hydrogen-bond acceptors (Lipinski definition) is 5. The van der Waals surface area contributed by atoms with E-state index >= 15 is 0 Å². The predicted molar refractivity (Wildman–Crippen MR) is 49.9 cm³/mol. The maximum atomic E-state index is 11.0. The van der Waals surface area contributed by atoms with Gasteiger partial charge >= 0.3 is 10.1 Å². The van der Waals surface area contributed by atoms with Crippen molar-refractivity contribution in [3.05, 3.63) is 18.2 Å². The summed E-state index contributed by atoms with van der Waals surface area (Å²) >= 11 is 0. The molecule has 0 radical (unpaired) electrons. The van der Waals surface area contributed by atoms with Crippen LogP contribution in [-0.2, 0) is 10.1 Å². The monoisotopic (exact) mass is 218 g/mol. The number of phenols is 2. The van der Waals surface area contributed by atoms with E-state index in [1.54, 1.807) is 0 Å². The minimum absolute atomic E-state index is 0.235. The van der Waals surface area contributed by atoms with Crippen LogP contribution >= 0.6 is 0 Å². The summed E-state index contributed by atoms with van der Waals surface area (Å²) in [6, 6.07) is 3.82. The van der Waals surface area contributed by atoms with E-state index in [0.29, 0.717) is 0 Å². The molecule has 14 heavy (non-hydrogen) atoms. The molecule has 0 saturated heterocycles. The highest BCUT2D eigenvalue weighted by atomic mass is 32.2. The molecule has 0 aliphatic heterocycles. The first-order valence-electron chi connectivity index (χ1n) is 3.89. The molecule has 1 aromatic rings. The Kier molecular flexibility index (Phi) is 2.85. The first kappa shape index (κ1) is 10.6. The van der Waals surface area contributed by atoms with Gasteiger partial charge < -0.3 is 14.4 Å². The highest BCUT2D eigenvalue weighted by Gasteiger charge is 2.16. The van der Waals surface area contributed by atoms with Crippen LogP contribution in [0.2, 0.25) is 0 Å². The Morgan fingerprint density at radius 3 is 2.21 bits per heavy atom. The van der Waals surface area contributed by atoms with Gasteiger partial charge in [-0.1, -0.05) is 6.07 Å². The van der Waals surface area contributed by atoms with Gasteiger partial charge in [-0.3, -0.25) is 0 Å². The number of rotatable bonds is 3. The molecule has 2 N–H and O–H groups in total. The van der Waals surface area contributed by atoms with Crippen LogP contribution in [0.25, 0.3) is 0 Å². The highest BCUT2D eigenvalue weighted by molar-refractivity contribution is 7.87. The Bertz CT molecular complexity index is 403. The predicted octanol–water partition coefficient (Wildman–Crippen LogP) is 0.826. The molecular formula is C8H10O5S. The first-order chi connectivity index (χ1) is 6.46. The van der Waals surface area contributed by atoms with E-state index in [9.17, 15) is 18.6 Å². The molecule has 6 heteroatoms. The van der Waals surface area contributed by atoms with E-state index in [-0.39, 0.29) is 5.75 Å². The molecule has 0 atom stereocenters. The third kappa shape index (κ3) is 2.29. The maximum absolute atomic E-state index is 11.0. The average Bonchev–Trinajstić information content (AvgIpc) is 2.12. The Labute approximate surface area is 81.7 Å². The van der Waals surface area contributed by atoms with Crippen molar-refractivity contribution in [3.8, 4) is 17.2 Å². The normalized spacial score (nSPS) is 11.2. The van der Waals surface area contributed by atoms with Crippen molar-refractivity contribution in [1.82, 2.24) is 0 Å². The zero-order valence-corrected chi connectivity index (χ0v) is 8.28. The van der Waals surface area contributed by atoms with Gasteiger partial charge in [0.15, 0.2) is 11.5 Å². The molecule has 0 fully saturated rings. The molecule has 0 heterocycles. The summed E-state index contributed by atoms with van der Waals surface area (Å²) in [5, 5.41) is 18.4. The Balaban J connectivity index is 3.09. The molecule has 0 aromatic heterocycles. The van der Waals surface area contributed by atoms with Gasteiger partial charge in [0.2, 0.25) is 5.75 Å². The van der Waals surface area contributed by atoms with Crippen molar-refractivity contribution < 1.29 is 22.8 Å². The number of para-hydroxylation sites is 1. The van der Waals surface area contributed by atoms with E-state index in [1.807, 2.05) is 0 Å². The largest absolute Gasteiger partial charge is 0.504 e. The molecule has 78 valence electrons. The van der Waals surface area contributed by atoms with Gasteiger partial charge in [0.05, 0.1) is 5.75 Å². The Morgan fingerprint density at radius 2 is 1.79 bits per heavy atom. The van der Waals surface area contributed by atoms with E-state index in [1.165, 1.54) is 25.1 Å². The summed E-state index contributed by atoms with van der Waals surface area (Å²) in [5.41, 5.74) is 0. The van der Waals surface area contributed by atoms with Gasteiger partial charge in [-0.25, -0.2) is 0 Å². The van der Waals surface area contributed by atoms with E-state index in [0.717, 1.165) is 0 Å². The highest BCUT2D eigenvalue weighted by Crippen LogP contribution is 2.35. The van der Waals surface area contributed by atoms with Gasteiger partial charge in [0.1, 0.15) is 0 Å². The second kappa shape index (κ2) is 3.75. The summed E-state index contributed by atoms with van der Waals surface area (Å²) in [6.45, 7) is 1.40. The van der Waals surface area contributed by atoms with Crippen LogP contribution in [0.1, 0.15) is 6.92 Å². The fraction of sp³-hybridized carbons (Fsp3) is 0.250. The van der Waals surface area contributed by atoms with Crippen LogP contribution in [0, 0.1) is 0 Å². The molecule has 1 aromatic carbocycles. The second-order valence-electron chi connectivity index (χ2n) is 2.56. The molecule has 0 saturated carbocycles. The summed E-state index contributed by atoms with van der Waals surface area (Å²) in [7, 11) is -3.74. The quantitative estimate of drug-likeness (QED) is 0.734. The van der Waals surface area contributed by atoms with Crippen molar-refractivity contribution in [3.63, 3.8) is 0 Å².